The van der Waals surface area contributed by atoms with E-state index in [1.165, 1.54) is 19.2 Å². The highest BCUT2D eigenvalue weighted by molar-refractivity contribution is 5.26. The SMILES string of the molecule is COCCC(C)(N)c1cccc(F)c1F. The maximum absolute atomic E-state index is 13.4. The Labute approximate surface area is 88.0 Å². The second-order valence-corrected chi connectivity index (χ2v) is 3.76. The minimum absolute atomic E-state index is 0.180. The number of hydrogen-bond donors (Lipinski definition) is 1. The van der Waals surface area contributed by atoms with Gasteiger partial charge in [-0.05, 0) is 19.4 Å². The molecule has 1 rings (SSSR count). The van der Waals surface area contributed by atoms with E-state index in [2.05, 4.69) is 0 Å². The fourth-order valence-electron chi connectivity index (χ4n) is 1.39. The molecule has 0 saturated heterocycles. The topological polar surface area (TPSA) is 35.2 Å². The van der Waals surface area contributed by atoms with Crippen LogP contribution in [0.15, 0.2) is 18.2 Å². The Balaban J connectivity index is 2.98. The molecular weight excluding hydrogens is 200 g/mol. The number of hydrogen-bond acceptors (Lipinski definition) is 2. The van der Waals surface area contributed by atoms with Gasteiger partial charge in [0, 0.05) is 24.8 Å². The van der Waals surface area contributed by atoms with Gasteiger partial charge in [-0.15, -0.1) is 0 Å². The third-order valence-corrected chi connectivity index (χ3v) is 2.39. The Morgan fingerprint density at radius 2 is 2.07 bits per heavy atom. The van der Waals surface area contributed by atoms with E-state index in [1.54, 1.807) is 6.92 Å². The van der Waals surface area contributed by atoms with Crippen molar-refractivity contribution >= 4 is 0 Å². The first-order valence-electron chi connectivity index (χ1n) is 4.71. The van der Waals surface area contributed by atoms with Crippen molar-refractivity contribution in [1.29, 1.82) is 0 Å². The highest BCUT2D eigenvalue weighted by Gasteiger charge is 2.25. The zero-order valence-electron chi connectivity index (χ0n) is 8.89. The van der Waals surface area contributed by atoms with Gasteiger partial charge in [0.25, 0.3) is 0 Å². The Morgan fingerprint density at radius 1 is 1.40 bits per heavy atom. The molecule has 2 N–H and O–H groups in total. The zero-order chi connectivity index (χ0) is 11.5. The lowest BCUT2D eigenvalue weighted by atomic mass is 9.89. The summed E-state index contributed by atoms with van der Waals surface area (Å²) >= 11 is 0. The van der Waals surface area contributed by atoms with Crippen molar-refractivity contribution in [2.45, 2.75) is 18.9 Å². The third-order valence-electron chi connectivity index (χ3n) is 2.39. The number of rotatable bonds is 4. The van der Waals surface area contributed by atoms with Crippen LogP contribution in [0.25, 0.3) is 0 Å². The number of methoxy groups -OCH3 is 1. The van der Waals surface area contributed by atoms with E-state index in [9.17, 15) is 8.78 Å². The average molecular weight is 215 g/mol. The normalized spacial score (nSPS) is 15.0. The zero-order valence-corrected chi connectivity index (χ0v) is 8.89. The number of halogens is 2. The van der Waals surface area contributed by atoms with Crippen LogP contribution in [0.2, 0.25) is 0 Å². The van der Waals surface area contributed by atoms with Gasteiger partial charge in [0.1, 0.15) is 0 Å². The van der Waals surface area contributed by atoms with Gasteiger partial charge in [-0.2, -0.15) is 0 Å². The number of ether oxygens (including phenoxy) is 1. The molecule has 2 nitrogen and oxygen atoms in total. The Morgan fingerprint density at radius 3 is 2.67 bits per heavy atom. The van der Waals surface area contributed by atoms with Crippen LogP contribution in [-0.4, -0.2) is 13.7 Å². The van der Waals surface area contributed by atoms with Crippen molar-refractivity contribution in [1.82, 2.24) is 0 Å². The molecule has 0 spiro atoms. The summed E-state index contributed by atoms with van der Waals surface area (Å²) < 4.78 is 31.3. The van der Waals surface area contributed by atoms with Crippen LogP contribution in [0.1, 0.15) is 18.9 Å². The quantitative estimate of drug-likeness (QED) is 0.835. The highest BCUT2D eigenvalue weighted by atomic mass is 19.2. The van der Waals surface area contributed by atoms with Crippen molar-refractivity contribution in [2.75, 3.05) is 13.7 Å². The van der Waals surface area contributed by atoms with E-state index in [0.717, 1.165) is 6.07 Å². The van der Waals surface area contributed by atoms with Gasteiger partial charge in [-0.25, -0.2) is 8.78 Å². The molecule has 0 aliphatic rings. The van der Waals surface area contributed by atoms with Crippen LogP contribution >= 0.6 is 0 Å². The summed E-state index contributed by atoms with van der Waals surface area (Å²) in [4.78, 5) is 0. The molecule has 0 aliphatic carbocycles. The van der Waals surface area contributed by atoms with E-state index < -0.39 is 17.2 Å². The highest BCUT2D eigenvalue weighted by Crippen LogP contribution is 2.25. The van der Waals surface area contributed by atoms with Crippen LogP contribution in [-0.2, 0) is 10.3 Å². The van der Waals surface area contributed by atoms with Crippen LogP contribution in [0.3, 0.4) is 0 Å². The van der Waals surface area contributed by atoms with Crippen LogP contribution < -0.4 is 5.73 Å². The van der Waals surface area contributed by atoms with Gasteiger partial charge in [0.05, 0.1) is 0 Å². The van der Waals surface area contributed by atoms with Crippen molar-refractivity contribution in [3.05, 3.63) is 35.4 Å². The average Bonchev–Trinajstić information content (AvgIpc) is 2.19. The lowest BCUT2D eigenvalue weighted by Gasteiger charge is -2.25. The van der Waals surface area contributed by atoms with E-state index in [-0.39, 0.29) is 5.56 Å². The molecule has 0 fully saturated rings. The summed E-state index contributed by atoms with van der Waals surface area (Å²) in [5.74, 6) is -1.75. The first-order valence-corrected chi connectivity index (χ1v) is 4.71. The van der Waals surface area contributed by atoms with Crippen molar-refractivity contribution in [2.24, 2.45) is 5.73 Å². The Hall–Kier alpha value is -1.00. The van der Waals surface area contributed by atoms with Crippen LogP contribution in [0.5, 0.6) is 0 Å². The van der Waals surface area contributed by atoms with Gasteiger partial charge in [-0.1, -0.05) is 12.1 Å². The van der Waals surface area contributed by atoms with Gasteiger partial charge in [0.15, 0.2) is 11.6 Å². The molecule has 0 amide bonds. The fraction of sp³-hybridized carbons (Fsp3) is 0.455. The molecule has 1 aromatic carbocycles. The van der Waals surface area contributed by atoms with E-state index in [1.807, 2.05) is 0 Å². The molecule has 1 aromatic rings. The van der Waals surface area contributed by atoms with Gasteiger partial charge >= 0.3 is 0 Å². The third kappa shape index (κ3) is 2.73. The molecule has 4 heteroatoms. The Kier molecular flexibility index (Phi) is 3.77. The first-order chi connectivity index (χ1) is 6.99. The minimum Gasteiger partial charge on any atom is -0.385 e. The summed E-state index contributed by atoms with van der Waals surface area (Å²) in [6.45, 7) is 2.06. The van der Waals surface area contributed by atoms with Gasteiger partial charge in [0.2, 0.25) is 0 Å². The van der Waals surface area contributed by atoms with E-state index in [0.29, 0.717) is 13.0 Å². The summed E-state index contributed by atoms with van der Waals surface area (Å²) in [7, 11) is 1.54. The number of nitrogens with two attached hydrogens (primary N) is 1. The molecule has 15 heavy (non-hydrogen) atoms. The molecule has 84 valence electrons. The molecule has 0 aromatic heterocycles. The van der Waals surface area contributed by atoms with E-state index in [4.69, 9.17) is 10.5 Å². The molecule has 0 bridgehead atoms. The van der Waals surface area contributed by atoms with Crippen LogP contribution in [0, 0.1) is 11.6 Å². The minimum atomic E-state index is -0.914. The van der Waals surface area contributed by atoms with Gasteiger partial charge < -0.3 is 10.5 Å². The predicted octanol–water partition coefficient (Wildman–Crippen LogP) is 2.18. The molecule has 0 aliphatic heterocycles. The first kappa shape index (κ1) is 12.1. The summed E-state index contributed by atoms with van der Waals surface area (Å²) in [6, 6.07) is 4.02. The van der Waals surface area contributed by atoms with Crippen molar-refractivity contribution < 1.29 is 13.5 Å². The molecule has 0 radical (unpaired) electrons. The lowest BCUT2D eigenvalue weighted by Crippen LogP contribution is -2.35. The Bertz CT molecular complexity index is 339. The maximum Gasteiger partial charge on any atom is 0.163 e. The monoisotopic (exact) mass is 215 g/mol. The van der Waals surface area contributed by atoms with Gasteiger partial charge in [-0.3, -0.25) is 0 Å². The van der Waals surface area contributed by atoms with Crippen LogP contribution in [0.4, 0.5) is 8.78 Å². The smallest absolute Gasteiger partial charge is 0.163 e. The predicted molar refractivity (Wildman–Crippen MR) is 54.4 cm³/mol. The summed E-state index contributed by atoms with van der Waals surface area (Å²) in [5, 5.41) is 0. The van der Waals surface area contributed by atoms with Crippen molar-refractivity contribution in [3.63, 3.8) is 0 Å². The van der Waals surface area contributed by atoms with E-state index >= 15 is 0 Å². The molecule has 1 atom stereocenters. The number of benzene rings is 1. The molecular formula is C11H15F2NO. The largest absolute Gasteiger partial charge is 0.385 e. The lowest BCUT2D eigenvalue weighted by molar-refractivity contribution is 0.170. The second-order valence-electron chi connectivity index (χ2n) is 3.76. The fourth-order valence-corrected chi connectivity index (χ4v) is 1.39. The second kappa shape index (κ2) is 4.68. The summed E-state index contributed by atoms with van der Waals surface area (Å²) in [6.07, 6.45) is 0.434. The summed E-state index contributed by atoms with van der Waals surface area (Å²) in [5.41, 5.74) is 5.17. The molecule has 1 unspecified atom stereocenters. The molecule has 0 heterocycles. The molecule has 0 saturated carbocycles. The maximum atomic E-state index is 13.4. The standard InChI is InChI=1S/C11H15F2NO/c1-11(14,6-7-15-2)8-4-3-5-9(12)10(8)13/h3-5H,6-7,14H2,1-2H3. The van der Waals surface area contributed by atoms with Crippen molar-refractivity contribution in [3.8, 4) is 0 Å².